The highest BCUT2D eigenvalue weighted by molar-refractivity contribution is 5.83. The monoisotopic (exact) mass is 277 g/mol. The lowest BCUT2D eigenvalue weighted by Crippen LogP contribution is -2.48. The number of piperazine rings is 1. The van der Waals surface area contributed by atoms with Crippen LogP contribution in [0.5, 0.6) is 5.75 Å². The number of rotatable bonds is 4. The van der Waals surface area contributed by atoms with Gasteiger partial charge in [0.15, 0.2) is 0 Å². The molecule has 0 spiro atoms. The standard InChI is InChI=1S/C15H23N3O2/c1-10-8-11(2)13(12(9-10)20-3)14(15(16)19)18-6-4-17-5-7-18/h8-9,14,17H,4-7H2,1-3H3,(H2,16,19). The van der Waals surface area contributed by atoms with Crippen LogP contribution < -0.4 is 15.8 Å². The third-order valence-electron chi connectivity index (χ3n) is 3.77. The van der Waals surface area contributed by atoms with Crippen molar-refractivity contribution < 1.29 is 9.53 Å². The van der Waals surface area contributed by atoms with Gasteiger partial charge in [0.25, 0.3) is 0 Å². The molecule has 0 bridgehead atoms. The average molecular weight is 277 g/mol. The van der Waals surface area contributed by atoms with Crippen LogP contribution in [0.1, 0.15) is 22.7 Å². The van der Waals surface area contributed by atoms with Crippen molar-refractivity contribution in [2.45, 2.75) is 19.9 Å². The topological polar surface area (TPSA) is 67.6 Å². The van der Waals surface area contributed by atoms with E-state index in [4.69, 9.17) is 10.5 Å². The summed E-state index contributed by atoms with van der Waals surface area (Å²) >= 11 is 0. The minimum absolute atomic E-state index is 0.322. The van der Waals surface area contributed by atoms with Crippen molar-refractivity contribution in [1.82, 2.24) is 10.2 Å². The summed E-state index contributed by atoms with van der Waals surface area (Å²) in [6, 6.07) is 3.60. The van der Waals surface area contributed by atoms with Crippen molar-refractivity contribution in [2.24, 2.45) is 5.73 Å². The second kappa shape index (κ2) is 6.24. The number of amides is 1. The van der Waals surface area contributed by atoms with E-state index in [2.05, 4.69) is 16.3 Å². The molecular formula is C15H23N3O2. The van der Waals surface area contributed by atoms with E-state index in [1.165, 1.54) is 0 Å². The minimum Gasteiger partial charge on any atom is -0.496 e. The number of hydrogen-bond donors (Lipinski definition) is 2. The van der Waals surface area contributed by atoms with E-state index in [-0.39, 0.29) is 5.91 Å². The number of hydrogen-bond acceptors (Lipinski definition) is 4. The number of carbonyl (C=O) groups is 1. The van der Waals surface area contributed by atoms with Crippen LogP contribution in [0.15, 0.2) is 12.1 Å². The van der Waals surface area contributed by atoms with Gasteiger partial charge in [-0.25, -0.2) is 0 Å². The molecule has 0 aromatic heterocycles. The highest BCUT2D eigenvalue weighted by Crippen LogP contribution is 2.33. The molecule has 1 heterocycles. The van der Waals surface area contributed by atoms with Crippen molar-refractivity contribution in [3.8, 4) is 5.75 Å². The van der Waals surface area contributed by atoms with Crippen LogP contribution in [0, 0.1) is 13.8 Å². The maximum Gasteiger partial charge on any atom is 0.239 e. The summed E-state index contributed by atoms with van der Waals surface area (Å²) in [5, 5.41) is 3.29. The number of nitrogens with one attached hydrogen (secondary N) is 1. The first-order valence-electron chi connectivity index (χ1n) is 6.93. The molecule has 110 valence electrons. The number of ether oxygens (including phenoxy) is 1. The van der Waals surface area contributed by atoms with Crippen LogP contribution in [0.3, 0.4) is 0 Å². The summed E-state index contributed by atoms with van der Waals surface area (Å²) in [6.07, 6.45) is 0. The quantitative estimate of drug-likeness (QED) is 0.852. The molecule has 1 fully saturated rings. The Morgan fingerprint density at radius 3 is 2.55 bits per heavy atom. The molecule has 5 heteroatoms. The smallest absolute Gasteiger partial charge is 0.239 e. The maximum atomic E-state index is 12.0. The number of benzene rings is 1. The van der Waals surface area contributed by atoms with E-state index in [9.17, 15) is 4.79 Å². The lowest BCUT2D eigenvalue weighted by molar-refractivity contribution is -0.123. The van der Waals surface area contributed by atoms with Gasteiger partial charge in [0.1, 0.15) is 11.8 Å². The van der Waals surface area contributed by atoms with Crippen molar-refractivity contribution in [1.29, 1.82) is 0 Å². The predicted molar refractivity (Wildman–Crippen MR) is 78.8 cm³/mol. The lowest BCUT2D eigenvalue weighted by atomic mass is 9.95. The zero-order valence-electron chi connectivity index (χ0n) is 12.4. The molecule has 1 aromatic rings. The molecule has 2 rings (SSSR count). The second-order valence-corrected chi connectivity index (χ2v) is 5.29. The molecule has 1 aromatic carbocycles. The first-order chi connectivity index (χ1) is 9.54. The molecule has 1 unspecified atom stereocenters. The van der Waals surface area contributed by atoms with Crippen LogP contribution in [-0.2, 0) is 4.79 Å². The Labute approximate surface area is 120 Å². The van der Waals surface area contributed by atoms with Crippen LogP contribution in [-0.4, -0.2) is 44.1 Å². The lowest BCUT2D eigenvalue weighted by Gasteiger charge is -2.34. The molecule has 20 heavy (non-hydrogen) atoms. The predicted octanol–water partition coefficient (Wildman–Crippen LogP) is 0.744. The van der Waals surface area contributed by atoms with Crippen LogP contribution in [0.25, 0.3) is 0 Å². The summed E-state index contributed by atoms with van der Waals surface area (Å²) in [5.41, 5.74) is 8.73. The summed E-state index contributed by atoms with van der Waals surface area (Å²) in [5.74, 6) is 0.419. The van der Waals surface area contributed by atoms with E-state index in [1.54, 1.807) is 7.11 Å². The van der Waals surface area contributed by atoms with Crippen molar-refractivity contribution in [3.05, 3.63) is 28.8 Å². The summed E-state index contributed by atoms with van der Waals surface area (Å²) in [6.45, 7) is 7.38. The van der Waals surface area contributed by atoms with Gasteiger partial charge in [-0.2, -0.15) is 0 Å². The van der Waals surface area contributed by atoms with E-state index in [0.29, 0.717) is 0 Å². The minimum atomic E-state index is -0.423. The van der Waals surface area contributed by atoms with E-state index >= 15 is 0 Å². The molecule has 5 nitrogen and oxygen atoms in total. The Morgan fingerprint density at radius 1 is 1.35 bits per heavy atom. The molecule has 1 aliphatic rings. The zero-order chi connectivity index (χ0) is 14.7. The number of carbonyl (C=O) groups excluding carboxylic acids is 1. The number of nitrogens with zero attached hydrogens (tertiary/aromatic N) is 1. The number of methoxy groups -OCH3 is 1. The Bertz CT molecular complexity index is 496. The van der Waals surface area contributed by atoms with Gasteiger partial charge in [0, 0.05) is 31.7 Å². The van der Waals surface area contributed by atoms with Gasteiger partial charge in [0.05, 0.1) is 7.11 Å². The fourth-order valence-electron chi connectivity index (χ4n) is 2.90. The molecule has 1 amide bonds. The Kier molecular flexibility index (Phi) is 4.62. The SMILES string of the molecule is COc1cc(C)cc(C)c1C(C(N)=O)N1CCNCC1. The van der Waals surface area contributed by atoms with Gasteiger partial charge in [-0.05, 0) is 31.0 Å². The molecule has 0 radical (unpaired) electrons. The van der Waals surface area contributed by atoms with Gasteiger partial charge >= 0.3 is 0 Å². The van der Waals surface area contributed by atoms with E-state index in [0.717, 1.165) is 48.6 Å². The maximum absolute atomic E-state index is 12.0. The molecule has 0 aliphatic carbocycles. The Hall–Kier alpha value is -1.59. The van der Waals surface area contributed by atoms with Crippen molar-refractivity contribution >= 4 is 5.91 Å². The summed E-state index contributed by atoms with van der Waals surface area (Å²) in [4.78, 5) is 14.1. The normalized spacial score (nSPS) is 17.8. The molecule has 0 saturated carbocycles. The first kappa shape index (κ1) is 14.8. The van der Waals surface area contributed by atoms with E-state index in [1.807, 2.05) is 19.9 Å². The molecular weight excluding hydrogens is 254 g/mol. The third-order valence-corrected chi connectivity index (χ3v) is 3.77. The number of primary amides is 1. The molecule has 3 N–H and O–H groups in total. The van der Waals surface area contributed by atoms with Crippen LogP contribution >= 0.6 is 0 Å². The van der Waals surface area contributed by atoms with Crippen molar-refractivity contribution in [2.75, 3.05) is 33.3 Å². The third kappa shape index (κ3) is 2.94. The van der Waals surface area contributed by atoms with Gasteiger partial charge < -0.3 is 15.8 Å². The largest absolute Gasteiger partial charge is 0.496 e. The van der Waals surface area contributed by atoms with Gasteiger partial charge in [-0.1, -0.05) is 6.07 Å². The zero-order valence-corrected chi connectivity index (χ0v) is 12.4. The molecule has 1 aliphatic heterocycles. The van der Waals surface area contributed by atoms with Gasteiger partial charge in [-0.3, -0.25) is 9.69 Å². The average Bonchev–Trinajstić information content (AvgIpc) is 2.42. The van der Waals surface area contributed by atoms with E-state index < -0.39 is 6.04 Å². The van der Waals surface area contributed by atoms with Crippen molar-refractivity contribution in [3.63, 3.8) is 0 Å². The van der Waals surface area contributed by atoms with Crippen LogP contribution in [0.4, 0.5) is 0 Å². The van der Waals surface area contributed by atoms with Crippen LogP contribution in [0.2, 0.25) is 0 Å². The van der Waals surface area contributed by atoms with Gasteiger partial charge in [0.2, 0.25) is 5.91 Å². The fraction of sp³-hybridized carbons (Fsp3) is 0.533. The molecule has 1 saturated heterocycles. The highest BCUT2D eigenvalue weighted by Gasteiger charge is 2.30. The summed E-state index contributed by atoms with van der Waals surface area (Å²) < 4.78 is 5.48. The Balaban J connectivity index is 2.46. The Morgan fingerprint density at radius 2 is 2.00 bits per heavy atom. The summed E-state index contributed by atoms with van der Waals surface area (Å²) in [7, 11) is 1.63. The molecule has 1 atom stereocenters. The first-order valence-corrected chi connectivity index (χ1v) is 6.93. The van der Waals surface area contributed by atoms with Gasteiger partial charge in [-0.15, -0.1) is 0 Å². The second-order valence-electron chi connectivity index (χ2n) is 5.29. The number of aryl methyl sites for hydroxylation is 2. The fourth-order valence-corrected chi connectivity index (χ4v) is 2.90. The number of nitrogens with two attached hydrogens (primary N) is 1. The highest BCUT2D eigenvalue weighted by atomic mass is 16.5.